The van der Waals surface area contributed by atoms with Crippen LogP contribution in [-0.2, 0) is 0 Å². The minimum Gasteiger partial charge on any atom is -0.369 e. The summed E-state index contributed by atoms with van der Waals surface area (Å²) in [6.45, 7) is 4.72. The van der Waals surface area contributed by atoms with Crippen LogP contribution >= 0.6 is 11.6 Å². The van der Waals surface area contributed by atoms with E-state index in [-0.39, 0.29) is 0 Å². The van der Waals surface area contributed by atoms with Gasteiger partial charge in [-0.25, -0.2) is 4.98 Å². The van der Waals surface area contributed by atoms with Gasteiger partial charge in [0.15, 0.2) is 0 Å². The molecule has 0 spiro atoms. The van der Waals surface area contributed by atoms with Crippen LogP contribution in [0.4, 0.5) is 5.82 Å². The van der Waals surface area contributed by atoms with Crippen molar-refractivity contribution in [1.82, 2.24) is 9.97 Å². The Morgan fingerprint density at radius 3 is 2.92 bits per heavy atom. The molecule has 1 aromatic rings. The van der Waals surface area contributed by atoms with E-state index < -0.39 is 0 Å². The molecular weight excluding hydrogens is 186 g/mol. The van der Waals surface area contributed by atoms with Crippen LogP contribution in [0.25, 0.3) is 0 Å². The molecule has 0 saturated heterocycles. The molecule has 1 aromatic heterocycles. The molecule has 4 heteroatoms. The molecule has 13 heavy (non-hydrogen) atoms. The molecule has 0 saturated carbocycles. The van der Waals surface area contributed by atoms with E-state index in [1.165, 1.54) is 0 Å². The van der Waals surface area contributed by atoms with Gasteiger partial charge in [0.2, 0.25) is 0 Å². The lowest BCUT2D eigenvalue weighted by molar-refractivity contribution is 0.954. The van der Waals surface area contributed by atoms with Gasteiger partial charge in [0.05, 0.1) is 11.4 Å². The van der Waals surface area contributed by atoms with E-state index in [0.29, 0.717) is 5.88 Å². The second-order valence-corrected chi connectivity index (χ2v) is 3.29. The summed E-state index contributed by atoms with van der Waals surface area (Å²) in [7, 11) is 0. The van der Waals surface area contributed by atoms with Gasteiger partial charge in [-0.15, -0.1) is 11.6 Å². The molecular formula is C9H14ClN3. The normalized spacial score (nSPS) is 10.1. The van der Waals surface area contributed by atoms with Gasteiger partial charge in [-0.05, 0) is 20.3 Å². The van der Waals surface area contributed by atoms with Crippen LogP contribution in [0, 0.1) is 13.8 Å². The lowest BCUT2D eigenvalue weighted by Crippen LogP contribution is -2.07. The summed E-state index contributed by atoms with van der Waals surface area (Å²) >= 11 is 5.56. The summed E-state index contributed by atoms with van der Waals surface area (Å²) in [4.78, 5) is 8.53. The summed E-state index contributed by atoms with van der Waals surface area (Å²) in [5.74, 6) is 1.54. The van der Waals surface area contributed by atoms with E-state index in [0.717, 1.165) is 30.2 Å². The average Bonchev–Trinajstić information content (AvgIpc) is 2.11. The third-order valence-corrected chi connectivity index (χ3v) is 1.95. The second kappa shape index (κ2) is 5.02. The second-order valence-electron chi connectivity index (χ2n) is 2.91. The number of halogens is 1. The lowest BCUT2D eigenvalue weighted by Gasteiger charge is -2.06. The first-order valence-electron chi connectivity index (χ1n) is 4.34. The monoisotopic (exact) mass is 199 g/mol. The zero-order valence-electron chi connectivity index (χ0n) is 7.97. The fourth-order valence-electron chi connectivity index (χ4n) is 0.979. The Kier molecular flexibility index (Phi) is 3.96. The number of alkyl halides is 1. The molecule has 0 radical (unpaired) electrons. The van der Waals surface area contributed by atoms with Crippen molar-refractivity contribution in [3.8, 4) is 0 Å². The van der Waals surface area contributed by atoms with Gasteiger partial charge < -0.3 is 5.32 Å². The third kappa shape index (κ3) is 3.19. The van der Waals surface area contributed by atoms with Crippen molar-refractivity contribution in [1.29, 1.82) is 0 Å². The number of anilines is 1. The van der Waals surface area contributed by atoms with E-state index in [4.69, 9.17) is 11.6 Å². The molecule has 1 rings (SSSR count). The molecule has 0 amide bonds. The summed E-state index contributed by atoms with van der Waals surface area (Å²) in [6, 6.07) is 0. The highest BCUT2D eigenvalue weighted by Gasteiger charge is 1.99. The van der Waals surface area contributed by atoms with Crippen molar-refractivity contribution in [3.05, 3.63) is 17.6 Å². The van der Waals surface area contributed by atoms with Crippen molar-refractivity contribution < 1.29 is 0 Å². The molecule has 0 aromatic carbocycles. The van der Waals surface area contributed by atoms with Gasteiger partial charge in [-0.2, -0.15) is 0 Å². The highest BCUT2D eigenvalue weighted by molar-refractivity contribution is 6.17. The maximum Gasteiger partial charge on any atom is 0.147 e. The Balaban J connectivity index is 2.59. The van der Waals surface area contributed by atoms with Crippen molar-refractivity contribution in [2.45, 2.75) is 20.3 Å². The Bertz CT molecular complexity index is 276. The maximum absolute atomic E-state index is 5.56. The molecule has 0 bridgehead atoms. The van der Waals surface area contributed by atoms with E-state index in [2.05, 4.69) is 15.3 Å². The molecule has 0 aliphatic heterocycles. The Labute approximate surface area is 83.5 Å². The molecule has 0 aliphatic rings. The Morgan fingerprint density at radius 2 is 2.23 bits per heavy atom. The maximum atomic E-state index is 5.56. The van der Waals surface area contributed by atoms with Gasteiger partial charge in [0.25, 0.3) is 0 Å². The quantitative estimate of drug-likeness (QED) is 0.597. The molecule has 0 unspecified atom stereocenters. The van der Waals surface area contributed by atoms with Gasteiger partial charge in [0.1, 0.15) is 5.82 Å². The van der Waals surface area contributed by atoms with Crippen LogP contribution in [0.3, 0.4) is 0 Å². The number of nitrogens with zero attached hydrogens (tertiary/aromatic N) is 2. The molecule has 3 nitrogen and oxygen atoms in total. The number of rotatable bonds is 4. The first-order valence-corrected chi connectivity index (χ1v) is 4.87. The van der Waals surface area contributed by atoms with Crippen LogP contribution < -0.4 is 5.32 Å². The van der Waals surface area contributed by atoms with Gasteiger partial charge in [-0.1, -0.05) is 0 Å². The minimum absolute atomic E-state index is 0.672. The Morgan fingerprint density at radius 1 is 1.46 bits per heavy atom. The number of aryl methyl sites for hydroxylation is 2. The van der Waals surface area contributed by atoms with E-state index in [1.54, 1.807) is 6.20 Å². The average molecular weight is 200 g/mol. The van der Waals surface area contributed by atoms with E-state index >= 15 is 0 Å². The smallest absolute Gasteiger partial charge is 0.147 e. The standard InChI is InChI=1S/C9H14ClN3/c1-7-6-12-8(2)9(13-7)11-5-3-4-10/h6H,3-5H2,1-2H3,(H,11,13). The van der Waals surface area contributed by atoms with Crippen LogP contribution in [-0.4, -0.2) is 22.4 Å². The van der Waals surface area contributed by atoms with Gasteiger partial charge in [-0.3, -0.25) is 4.98 Å². The zero-order chi connectivity index (χ0) is 9.68. The fourth-order valence-corrected chi connectivity index (χ4v) is 1.11. The number of nitrogens with one attached hydrogen (secondary N) is 1. The van der Waals surface area contributed by atoms with Crippen LogP contribution in [0.2, 0.25) is 0 Å². The van der Waals surface area contributed by atoms with Crippen molar-refractivity contribution in [2.24, 2.45) is 0 Å². The molecule has 0 aliphatic carbocycles. The zero-order valence-corrected chi connectivity index (χ0v) is 8.73. The lowest BCUT2D eigenvalue weighted by atomic mass is 10.4. The van der Waals surface area contributed by atoms with Crippen molar-refractivity contribution in [3.63, 3.8) is 0 Å². The molecule has 0 fully saturated rings. The van der Waals surface area contributed by atoms with Gasteiger partial charge in [0, 0.05) is 18.6 Å². The summed E-state index contributed by atoms with van der Waals surface area (Å²) < 4.78 is 0. The predicted octanol–water partition coefficient (Wildman–Crippen LogP) is 2.13. The van der Waals surface area contributed by atoms with Crippen molar-refractivity contribution >= 4 is 17.4 Å². The van der Waals surface area contributed by atoms with Crippen molar-refractivity contribution in [2.75, 3.05) is 17.7 Å². The highest BCUT2D eigenvalue weighted by Crippen LogP contribution is 2.08. The molecule has 1 heterocycles. The first-order chi connectivity index (χ1) is 6.24. The number of aromatic nitrogens is 2. The van der Waals surface area contributed by atoms with Gasteiger partial charge >= 0.3 is 0 Å². The fraction of sp³-hybridized carbons (Fsp3) is 0.556. The first kappa shape index (κ1) is 10.3. The molecule has 1 N–H and O–H groups in total. The molecule has 72 valence electrons. The Hall–Kier alpha value is -0.830. The largest absolute Gasteiger partial charge is 0.369 e. The van der Waals surface area contributed by atoms with Crippen LogP contribution in [0.1, 0.15) is 17.8 Å². The summed E-state index contributed by atoms with van der Waals surface area (Å²) in [5.41, 5.74) is 1.86. The predicted molar refractivity (Wildman–Crippen MR) is 55.3 cm³/mol. The molecule has 0 atom stereocenters. The summed E-state index contributed by atoms with van der Waals surface area (Å²) in [5, 5.41) is 3.20. The van der Waals surface area contributed by atoms with E-state index in [1.807, 2.05) is 13.8 Å². The highest BCUT2D eigenvalue weighted by atomic mass is 35.5. The SMILES string of the molecule is Cc1cnc(C)c(NCCCCl)n1. The number of hydrogen-bond donors (Lipinski definition) is 1. The topological polar surface area (TPSA) is 37.8 Å². The minimum atomic E-state index is 0.672. The van der Waals surface area contributed by atoms with Crippen LogP contribution in [0.5, 0.6) is 0 Å². The summed E-state index contributed by atoms with van der Waals surface area (Å²) in [6.07, 6.45) is 2.71. The third-order valence-electron chi connectivity index (χ3n) is 1.68. The number of hydrogen-bond acceptors (Lipinski definition) is 3. The van der Waals surface area contributed by atoms with E-state index in [9.17, 15) is 0 Å². The van der Waals surface area contributed by atoms with Crippen LogP contribution in [0.15, 0.2) is 6.20 Å².